The number of hydrogen-bond donors (Lipinski definition) is 1. The van der Waals surface area contributed by atoms with E-state index in [0.29, 0.717) is 12.1 Å². The monoisotopic (exact) mass is 313 g/mol. The largest absolute Gasteiger partial charge is 0.378 e. The molecule has 1 fully saturated rings. The minimum Gasteiger partial charge on any atom is -0.378 e. The van der Waals surface area contributed by atoms with Crippen LogP contribution < -0.4 is 5.32 Å². The highest BCUT2D eigenvalue weighted by atomic mass is 35.5. The lowest BCUT2D eigenvalue weighted by atomic mass is 9.77. The van der Waals surface area contributed by atoms with E-state index in [9.17, 15) is 0 Å². The summed E-state index contributed by atoms with van der Waals surface area (Å²) < 4.78 is 7.58. The highest BCUT2D eigenvalue weighted by molar-refractivity contribution is 6.31. The van der Waals surface area contributed by atoms with E-state index in [-0.39, 0.29) is 0 Å². The standard InChI is InChI=1S/C16H28ClN3O/c1-5-18-13(7-12-8-14(9-12)21-6-2)10-15-16(17)11(3)19-20(15)4/h12-14,18H,5-10H2,1-4H3. The molecule has 1 saturated carbocycles. The molecule has 1 aliphatic rings. The average Bonchev–Trinajstić information content (AvgIpc) is 2.63. The molecule has 21 heavy (non-hydrogen) atoms. The molecule has 1 atom stereocenters. The predicted octanol–water partition coefficient (Wildman–Crippen LogP) is 3.11. The summed E-state index contributed by atoms with van der Waals surface area (Å²) in [5.74, 6) is 0.777. The SMILES string of the molecule is CCNC(Cc1c(Cl)c(C)nn1C)CC1CC(OCC)C1. The quantitative estimate of drug-likeness (QED) is 0.801. The molecule has 1 heterocycles. The molecule has 0 aromatic carbocycles. The van der Waals surface area contributed by atoms with Crippen molar-refractivity contribution in [1.29, 1.82) is 0 Å². The molecule has 0 aliphatic heterocycles. The highest BCUT2D eigenvalue weighted by Crippen LogP contribution is 2.34. The summed E-state index contributed by atoms with van der Waals surface area (Å²) in [6.07, 6.45) is 5.03. The fourth-order valence-corrected chi connectivity index (χ4v) is 3.54. The van der Waals surface area contributed by atoms with Crippen LogP contribution in [0.1, 0.15) is 44.5 Å². The third-order valence-corrected chi connectivity index (χ3v) is 4.90. The van der Waals surface area contributed by atoms with Gasteiger partial charge in [-0.15, -0.1) is 0 Å². The van der Waals surface area contributed by atoms with Gasteiger partial charge >= 0.3 is 0 Å². The Labute approximate surface area is 133 Å². The number of nitrogens with zero attached hydrogens (tertiary/aromatic N) is 2. The summed E-state index contributed by atoms with van der Waals surface area (Å²) in [5.41, 5.74) is 2.06. The first-order chi connectivity index (χ1) is 10.0. The van der Waals surface area contributed by atoms with E-state index in [1.54, 1.807) is 0 Å². The summed E-state index contributed by atoms with van der Waals surface area (Å²) >= 11 is 6.38. The molecule has 0 amide bonds. The zero-order valence-corrected chi connectivity index (χ0v) is 14.4. The van der Waals surface area contributed by atoms with E-state index in [1.165, 1.54) is 19.3 Å². The van der Waals surface area contributed by atoms with Crippen molar-refractivity contribution >= 4 is 11.6 Å². The van der Waals surface area contributed by atoms with Crippen LogP contribution in [0.5, 0.6) is 0 Å². The minimum atomic E-state index is 0.467. The van der Waals surface area contributed by atoms with Crippen LogP contribution in [0.25, 0.3) is 0 Å². The van der Waals surface area contributed by atoms with Gasteiger partial charge in [0.15, 0.2) is 0 Å². The van der Waals surface area contributed by atoms with Gasteiger partial charge in [0.1, 0.15) is 0 Å². The van der Waals surface area contributed by atoms with Crippen molar-refractivity contribution in [3.63, 3.8) is 0 Å². The zero-order chi connectivity index (χ0) is 15.4. The topological polar surface area (TPSA) is 39.1 Å². The first kappa shape index (κ1) is 16.8. The van der Waals surface area contributed by atoms with Gasteiger partial charge in [-0.2, -0.15) is 5.10 Å². The van der Waals surface area contributed by atoms with Gasteiger partial charge in [-0.05, 0) is 45.6 Å². The van der Waals surface area contributed by atoms with Crippen molar-refractivity contribution in [2.45, 2.75) is 58.6 Å². The van der Waals surface area contributed by atoms with Gasteiger partial charge < -0.3 is 10.1 Å². The van der Waals surface area contributed by atoms with Crippen molar-refractivity contribution < 1.29 is 4.74 Å². The van der Waals surface area contributed by atoms with Crippen LogP contribution in [0.3, 0.4) is 0 Å². The van der Waals surface area contributed by atoms with E-state index in [2.05, 4.69) is 24.3 Å². The smallest absolute Gasteiger partial charge is 0.0847 e. The third kappa shape index (κ3) is 4.21. The maximum atomic E-state index is 6.38. The fourth-order valence-electron chi connectivity index (χ4n) is 3.30. The molecule has 0 saturated heterocycles. The van der Waals surface area contributed by atoms with Crippen molar-refractivity contribution in [2.75, 3.05) is 13.2 Å². The molecule has 1 aliphatic carbocycles. The van der Waals surface area contributed by atoms with Gasteiger partial charge in [0, 0.05) is 26.1 Å². The molecule has 0 spiro atoms. The maximum Gasteiger partial charge on any atom is 0.0847 e. The molecular weight excluding hydrogens is 286 g/mol. The Morgan fingerprint density at radius 1 is 1.43 bits per heavy atom. The fraction of sp³-hybridized carbons (Fsp3) is 0.812. The number of ether oxygens (including phenoxy) is 1. The molecule has 5 heteroatoms. The Bertz CT molecular complexity index is 455. The number of hydrogen-bond acceptors (Lipinski definition) is 3. The molecule has 120 valence electrons. The second-order valence-electron chi connectivity index (χ2n) is 6.08. The number of aromatic nitrogens is 2. The molecule has 1 aromatic heterocycles. The lowest BCUT2D eigenvalue weighted by Crippen LogP contribution is -2.39. The number of rotatable bonds is 8. The van der Waals surface area contributed by atoms with Crippen LogP contribution in [0.15, 0.2) is 0 Å². The second-order valence-corrected chi connectivity index (χ2v) is 6.46. The van der Waals surface area contributed by atoms with Gasteiger partial charge in [0.25, 0.3) is 0 Å². The molecule has 1 aromatic rings. The third-order valence-electron chi connectivity index (χ3n) is 4.41. The number of aryl methyl sites for hydroxylation is 2. The molecular formula is C16H28ClN3O. The second kappa shape index (κ2) is 7.61. The molecule has 0 radical (unpaired) electrons. The Kier molecular flexibility index (Phi) is 6.08. The summed E-state index contributed by atoms with van der Waals surface area (Å²) in [6, 6.07) is 0.467. The highest BCUT2D eigenvalue weighted by Gasteiger charge is 2.31. The molecule has 4 nitrogen and oxygen atoms in total. The van der Waals surface area contributed by atoms with Crippen molar-refractivity contribution in [3.8, 4) is 0 Å². The molecule has 1 N–H and O–H groups in total. The van der Waals surface area contributed by atoms with Crippen molar-refractivity contribution in [2.24, 2.45) is 13.0 Å². The van der Waals surface area contributed by atoms with Crippen molar-refractivity contribution in [1.82, 2.24) is 15.1 Å². The summed E-state index contributed by atoms with van der Waals surface area (Å²) in [7, 11) is 1.98. The number of halogens is 1. The van der Waals surface area contributed by atoms with Crippen molar-refractivity contribution in [3.05, 3.63) is 16.4 Å². The minimum absolute atomic E-state index is 0.467. The van der Waals surface area contributed by atoms with E-state index >= 15 is 0 Å². The Balaban J connectivity index is 1.90. The molecule has 2 rings (SSSR count). The summed E-state index contributed by atoms with van der Waals surface area (Å²) in [4.78, 5) is 0. The van der Waals surface area contributed by atoms with Gasteiger partial charge in [0.05, 0.1) is 22.5 Å². The molecule has 0 bridgehead atoms. The van der Waals surface area contributed by atoms with Crippen LogP contribution in [0.2, 0.25) is 5.02 Å². The van der Waals surface area contributed by atoms with Crippen LogP contribution in [-0.2, 0) is 18.2 Å². The van der Waals surface area contributed by atoms with Gasteiger partial charge in [-0.25, -0.2) is 0 Å². The van der Waals surface area contributed by atoms with Crippen LogP contribution in [0.4, 0.5) is 0 Å². The number of likely N-dealkylation sites (N-methyl/N-ethyl adjacent to an activating group) is 1. The summed E-state index contributed by atoms with van der Waals surface area (Å²) in [6.45, 7) is 8.01. The average molecular weight is 314 g/mol. The van der Waals surface area contributed by atoms with E-state index in [1.807, 2.05) is 18.7 Å². The van der Waals surface area contributed by atoms with Crippen LogP contribution >= 0.6 is 11.6 Å². The number of nitrogens with one attached hydrogen (secondary N) is 1. The van der Waals surface area contributed by atoms with Crippen LogP contribution in [-0.4, -0.2) is 35.1 Å². The van der Waals surface area contributed by atoms with E-state index in [0.717, 1.165) is 41.9 Å². The van der Waals surface area contributed by atoms with Gasteiger partial charge in [-0.3, -0.25) is 4.68 Å². The lowest BCUT2D eigenvalue weighted by Gasteiger charge is -2.37. The van der Waals surface area contributed by atoms with Gasteiger partial charge in [0.2, 0.25) is 0 Å². The zero-order valence-electron chi connectivity index (χ0n) is 13.7. The first-order valence-corrected chi connectivity index (χ1v) is 8.45. The normalized spacial score (nSPS) is 23.1. The molecule has 1 unspecified atom stereocenters. The van der Waals surface area contributed by atoms with E-state index in [4.69, 9.17) is 16.3 Å². The van der Waals surface area contributed by atoms with Crippen LogP contribution in [0, 0.1) is 12.8 Å². The first-order valence-electron chi connectivity index (χ1n) is 8.08. The van der Waals surface area contributed by atoms with Gasteiger partial charge in [-0.1, -0.05) is 18.5 Å². The lowest BCUT2D eigenvalue weighted by molar-refractivity contribution is -0.0290. The van der Waals surface area contributed by atoms with E-state index < -0.39 is 0 Å². The Morgan fingerprint density at radius 3 is 2.67 bits per heavy atom. The maximum absolute atomic E-state index is 6.38. The predicted molar refractivity (Wildman–Crippen MR) is 86.9 cm³/mol. The Hall–Kier alpha value is -0.580. The summed E-state index contributed by atoms with van der Waals surface area (Å²) in [5, 5.41) is 8.83. The Morgan fingerprint density at radius 2 is 2.14 bits per heavy atom.